The second kappa shape index (κ2) is 6.47. The summed E-state index contributed by atoms with van der Waals surface area (Å²) in [5.74, 6) is 0.145. The van der Waals surface area contributed by atoms with Gasteiger partial charge in [-0.3, -0.25) is 4.79 Å². The Hall–Kier alpha value is -1.26. The van der Waals surface area contributed by atoms with Crippen LogP contribution in [0.15, 0.2) is 0 Å². The van der Waals surface area contributed by atoms with Crippen LogP contribution in [0.2, 0.25) is 0 Å². The summed E-state index contributed by atoms with van der Waals surface area (Å²) in [6.45, 7) is 5.61. The Labute approximate surface area is 102 Å². The molecule has 0 radical (unpaired) electrons. The van der Waals surface area contributed by atoms with Crippen LogP contribution in [-0.2, 0) is 14.3 Å². The Balaban J connectivity index is 2.31. The van der Waals surface area contributed by atoms with Crippen LogP contribution in [0.5, 0.6) is 0 Å². The molecular formula is C12H21NO4. The van der Waals surface area contributed by atoms with Gasteiger partial charge in [0.1, 0.15) is 0 Å². The summed E-state index contributed by atoms with van der Waals surface area (Å²) in [6.07, 6.45) is 0.997. The number of rotatable bonds is 3. The van der Waals surface area contributed by atoms with E-state index in [0.29, 0.717) is 38.5 Å². The van der Waals surface area contributed by atoms with E-state index < -0.39 is 0 Å². The van der Waals surface area contributed by atoms with Crippen LogP contribution in [0, 0.1) is 11.8 Å². The SMILES string of the molecule is COC(=O)N1CCC(C(=O)OCC(C)C)CC1. The van der Waals surface area contributed by atoms with Crippen molar-refractivity contribution in [3.63, 3.8) is 0 Å². The molecule has 0 unspecified atom stereocenters. The number of carbonyl (C=O) groups excluding carboxylic acids is 2. The summed E-state index contributed by atoms with van der Waals surface area (Å²) in [6, 6.07) is 0. The van der Waals surface area contributed by atoms with Gasteiger partial charge in [-0.2, -0.15) is 0 Å². The van der Waals surface area contributed by atoms with Crippen LogP contribution in [0.4, 0.5) is 4.79 Å². The van der Waals surface area contributed by atoms with E-state index in [-0.39, 0.29) is 18.0 Å². The summed E-state index contributed by atoms with van der Waals surface area (Å²) >= 11 is 0. The van der Waals surface area contributed by atoms with Crippen molar-refractivity contribution in [1.29, 1.82) is 0 Å². The highest BCUT2D eigenvalue weighted by atomic mass is 16.5. The minimum absolute atomic E-state index is 0.0744. The number of carbonyl (C=O) groups is 2. The van der Waals surface area contributed by atoms with Gasteiger partial charge in [0.15, 0.2) is 0 Å². The number of amides is 1. The lowest BCUT2D eigenvalue weighted by Gasteiger charge is -2.29. The number of nitrogens with zero attached hydrogens (tertiary/aromatic N) is 1. The van der Waals surface area contributed by atoms with E-state index in [1.165, 1.54) is 7.11 Å². The summed E-state index contributed by atoms with van der Waals surface area (Å²) < 4.78 is 9.83. The maximum Gasteiger partial charge on any atom is 0.409 e. The molecule has 17 heavy (non-hydrogen) atoms. The van der Waals surface area contributed by atoms with Crippen molar-refractivity contribution in [1.82, 2.24) is 4.90 Å². The summed E-state index contributed by atoms with van der Waals surface area (Å²) in [5, 5.41) is 0. The van der Waals surface area contributed by atoms with Gasteiger partial charge in [0.25, 0.3) is 0 Å². The third-order valence-corrected chi connectivity index (χ3v) is 2.82. The molecule has 1 amide bonds. The number of esters is 1. The Kier molecular flexibility index (Phi) is 5.25. The van der Waals surface area contributed by atoms with Crippen molar-refractivity contribution in [2.24, 2.45) is 11.8 Å². The zero-order chi connectivity index (χ0) is 12.8. The van der Waals surface area contributed by atoms with Crippen molar-refractivity contribution < 1.29 is 19.1 Å². The zero-order valence-electron chi connectivity index (χ0n) is 10.8. The van der Waals surface area contributed by atoms with Gasteiger partial charge < -0.3 is 14.4 Å². The molecule has 0 N–H and O–H groups in total. The minimum Gasteiger partial charge on any atom is -0.465 e. The molecule has 1 heterocycles. The first kappa shape index (κ1) is 13.8. The predicted octanol–water partition coefficient (Wildman–Crippen LogP) is 1.66. The molecule has 1 aliphatic heterocycles. The summed E-state index contributed by atoms with van der Waals surface area (Å²) in [4.78, 5) is 24.6. The fourth-order valence-corrected chi connectivity index (χ4v) is 1.79. The highest BCUT2D eigenvalue weighted by molar-refractivity contribution is 5.73. The molecule has 5 heteroatoms. The van der Waals surface area contributed by atoms with Crippen LogP contribution in [-0.4, -0.2) is 43.8 Å². The molecule has 0 aliphatic carbocycles. The van der Waals surface area contributed by atoms with Gasteiger partial charge in [0, 0.05) is 13.1 Å². The topological polar surface area (TPSA) is 55.8 Å². The van der Waals surface area contributed by atoms with E-state index in [1.807, 2.05) is 13.8 Å². The van der Waals surface area contributed by atoms with Gasteiger partial charge in [-0.1, -0.05) is 13.8 Å². The van der Waals surface area contributed by atoms with Crippen molar-refractivity contribution >= 4 is 12.1 Å². The Morgan fingerprint density at radius 2 is 1.88 bits per heavy atom. The molecule has 0 bridgehead atoms. The predicted molar refractivity (Wildman–Crippen MR) is 62.5 cm³/mol. The molecule has 98 valence electrons. The van der Waals surface area contributed by atoms with Crippen molar-refractivity contribution in [2.75, 3.05) is 26.8 Å². The average Bonchev–Trinajstić information content (AvgIpc) is 2.35. The molecule has 0 aromatic carbocycles. The Morgan fingerprint density at radius 3 is 2.35 bits per heavy atom. The largest absolute Gasteiger partial charge is 0.465 e. The Morgan fingerprint density at radius 1 is 1.29 bits per heavy atom. The van der Waals surface area contributed by atoms with Crippen LogP contribution >= 0.6 is 0 Å². The Bertz CT molecular complexity index is 270. The molecule has 0 aromatic rings. The minimum atomic E-state index is -0.320. The molecule has 1 rings (SSSR count). The third-order valence-electron chi connectivity index (χ3n) is 2.82. The van der Waals surface area contributed by atoms with E-state index in [4.69, 9.17) is 4.74 Å². The second-order valence-electron chi connectivity index (χ2n) is 4.76. The lowest BCUT2D eigenvalue weighted by atomic mass is 9.97. The van der Waals surface area contributed by atoms with Gasteiger partial charge in [-0.25, -0.2) is 4.79 Å². The lowest BCUT2D eigenvalue weighted by molar-refractivity contribution is -0.151. The molecule has 1 saturated heterocycles. The number of likely N-dealkylation sites (tertiary alicyclic amines) is 1. The van der Waals surface area contributed by atoms with E-state index in [1.54, 1.807) is 4.90 Å². The van der Waals surface area contributed by atoms with E-state index >= 15 is 0 Å². The maximum atomic E-state index is 11.7. The van der Waals surface area contributed by atoms with E-state index in [9.17, 15) is 9.59 Å². The summed E-state index contributed by atoms with van der Waals surface area (Å²) in [7, 11) is 1.37. The van der Waals surface area contributed by atoms with Gasteiger partial charge in [-0.05, 0) is 18.8 Å². The number of methoxy groups -OCH3 is 1. The molecule has 0 atom stereocenters. The molecule has 5 nitrogen and oxygen atoms in total. The molecule has 0 aromatic heterocycles. The van der Waals surface area contributed by atoms with E-state index in [2.05, 4.69) is 4.74 Å². The highest BCUT2D eigenvalue weighted by Gasteiger charge is 2.28. The third kappa shape index (κ3) is 4.24. The van der Waals surface area contributed by atoms with Gasteiger partial charge in [-0.15, -0.1) is 0 Å². The second-order valence-corrected chi connectivity index (χ2v) is 4.76. The van der Waals surface area contributed by atoms with Gasteiger partial charge in [0.05, 0.1) is 19.6 Å². The van der Waals surface area contributed by atoms with Crippen LogP contribution < -0.4 is 0 Å². The summed E-state index contributed by atoms with van der Waals surface area (Å²) in [5.41, 5.74) is 0. The maximum absolute atomic E-state index is 11.7. The number of ether oxygens (including phenoxy) is 2. The monoisotopic (exact) mass is 243 g/mol. The number of hydrogen-bond acceptors (Lipinski definition) is 4. The van der Waals surface area contributed by atoms with Gasteiger partial charge in [0.2, 0.25) is 0 Å². The molecular weight excluding hydrogens is 222 g/mol. The van der Waals surface area contributed by atoms with Crippen LogP contribution in [0.25, 0.3) is 0 Å². The zero-order valence-corrected chi connectivity index (χ0v) is 10.8. The smallest absolute Gasteiger partial charge is 0.409 e. The molecule has 1 fully saturated rings. The van der Waals surface area contributed by atoms with Crippen molar-refractivity contribution in [3.05, 3.63) is 0 Å². The van der Waals surface area contributed by atoms with Crippen LogP contribution in [0.1, 0.15) is 26.7 Å². The first-order valence-electron chi connectivity index (χ1n) is 6.04. The lowest BCUT2D eigenvalue weighted by Crippen LogP contribution is -2.40. The number of hydrogen-bond donors (Lipinski definition) is 0. The fourth-order valence-electron chi connectivity index (χ4n) is 1.79. The average molecular weight is 243 g/mol. The first-order chi connectivity index (χ1) is 8.04. The van der Waals surface area contributed by atoms with Gasteiger partial charge >= 0.3 is 12.1 Å². The quantitative estimate of drug-likeness (QED) is 0.707. The fraction of sp³-hybridized carbons (Fsp3) is 0.833. The number of piperidine rings is 1. The van der Waals surface area contributed by atoms with Crippen molar-refractivity contribution in [3.8, 4) is 0 Å². The van der Waals surface area contributed by atoms with E-state index in [0.717, 1.165) is 0 Å². The standard InChI is InChI=1S/C12H21NO4/c1-9(2)8-17-11(14)10-4-6-13(7-5-10)12(15)16-3/h9-10H,4-8H2,1-3H3. The first-order valence-corrected chi connectivity index (χ1v) is 6.04. The van der Waals surface area contributed by atoms with Crippen molar-refractivity contribution in [2.45, 2.75) is 26.7 Å². The highest BCUT2D eigenvalue weighted by Crippen LogP contribution is 2.19. The molecule has 0 saturated carbocycles. The van der Waals surface area contributed by atoms with Crippen LogP contribution in [0.3, 0.4) is 0 Å². The molecule has 0 spiro atoms. The molecule has 1 aliphatic rings. The normalized spacial score (nSPS) is 17.1.